The Kier molecular flexibility index (Phi) is 4.79. The molecule has 0 unspecified atom stereocenters. The zero-order chi connectivity index (χ0) is 18.5. The van der Waals surface area contributed by atoms with Gasteiger partial charge in [-0.2, -0.15) is 0 Å². The van der Waals surface area contributed by atoms with E-state index in [4.69, 9.17) is 9.15 Å². The number of carbonyl (C=O) groups is 1. The van der Waals surface area contributed by atoms with Gasteiger partial charge >= 0.3 is 0 Å². The maximum Gasteiger partial charge on any atom is 0.221 e. The van der Waals surface area contributed by atoms with Crippen LogP contribution >= 0.6 is 0 Å². The van der Waals surface area contributed by atoms with Crippen LogP contribution in [0.15, 0.2) is 89.6 Å². The van der Waals surface area contributed by atoms with Crippen LogP contribution in [0.4, 0.5) is 0 Å². The number of aromatic nitrogens is 1. The summed E-state index contributed by atoms with van der Waals surface area (Å²) in [4.78, 5) is 16.5. The topological polar surface area (TPSA) is 52.3 Å². The molecule has 0 bridgehead atoms. The molecule has 0 spiro atoms. The average molecular weight is 355 g/mol. The van der Waals surface area contributed by atoms with Crippen molar-refractivity contribution in [2.24, 2.45) is 0 Å². The van der Waals surface area contributed by atoms with Crippen molar-refractivity contribution in [3.8, 4) is 5.75 Å². The van der Waals surface area contributed by atoms with Crippen molar-refractivity contribution < 1.29 is 13.9 Å². The predicted octanol–water partition coefficient (Wildman–Crippen LogP) is 5.30. The van der Waals surface area contributed by atoms with Gasteiger partial charge in [-0.15, -0.1) is 0 Å². The van der Waals surface area contributed by atoms with E-state index >= 15 is 0 Å². The summed E-state index contributed by atoms with van der Waals surface area (Å²) in [5.41, 5.74) is 2.51. The molecule has 0 aliphatic rings. The number of hydrogen-bond donors (Lipinski definition) is 0. The van der Waals surface area contributed by atoms with Crippen LogP contribution in [0.1, 0.15) is 21.7 Å². The lowest BCUT2D eigenvalue weighted by Crippen LogP contribution is -1.97. The van der Waals surface area contributed by atoms with Gasteiger partial charge in [0.2, 0.25) is 5.78 Å². The van der Waals surface area contributed by atoms with Crippen molar-refractivity contribution in [2.75, 3.05) is 0 Å². The highest BCUT2D eigenvalue weighted by atomic mass is 16.5. The van der Waals surface area contributed by atoms with E-state index in [1.54, 1.807) is 24.5 Å². The summed E-state index contributed by atoms with van der Waals surface area (Å²) in [5, 5.41) is 0.912. The van der Waals surface area contributed by atoms with Crippen LogP contribution < -0.4 is 4.74 Å². The second kappa shape index (κ2) is 7.70. The third-order valence-corrected chi connectivity index (χ3v) is 4.12. The van der Waals surface area contributed by atoms with Gasteiger partial charge in [0.25, 0.3) is 0 Å². The molecule has 27 heavy (non-hydrogen) atoms. The van der Waals surface area contributed by atoms with Crippen molar-refractivity contribution in [1.29, 1.82) is 0 Å². The van der Waals surface area contributed by atoms with Gasteiger partial charge in [-0.05, 0) is 36.4 Å². The Bertz CT molecular complexity index is 1060. The summed E-state index contributed by atoms with van der Waals surface area (Å²) < 4.78 is 11.5. The lowest BCUT2D eigenvalue weighted by Gasteiger charge is -2.08. The van der Waals surface area contributed by atoms with Crippen LogP contribution in [0.5, 0.6) is 5.75 Å². The standard InChI is InChI=1S/C23H17NO3/c25-20(23-14-19-8-2-4-10-22(19)27-23)12-11-18-7-1-3-9-21(18)26-16-17-6-5-13-24-15-17/h1-15H,16H2/b12-11+. The number of ketones is 1. The van der Waals surface area contributed by atoms with Crippen LogP contribution in [0.25, 0.3) is 17.0 Å². The molecular weight excluding hydrogens is 338 g/mol. The Hall–Kier alpha value is -3.66. The molecule has 0 radical (unpaired) electrons. The fraction of sp³-hybridized carbons (Fsp3) is 0.0435. The number of ether oxygens (including phenoxy) is 1. The lowest BCUT2D eigenvalue weighted by molar-refractivity contribution is 0.102. The molecule has 2 heterocycles. The number of nitrogens with zero attached hydrogens (tertiary/aromatic N) is 1. The van der Waals surface area contributed by atoms with E-state index in [1.165, 1.54) is 6.08 Å². The Morgan fingerprint density at radius 1 is 1.04 bits per heavy atom. The van der Waals surface area contributed by atoms with Crippen molar-refractivity contribution in [1.82, 2.24) is 4.98 Å². The minimum absolute atomic E-state index is 0.187. The molecule has 0 atom stereocenters. The van der Waals surface area contributed by atoms with Crippen LogP contribution in [0, 0.1) is 0 Å². The molecule has 0 aliphatic carbocycles. The number of pyridine rings is 1. The molecule has 132 valence electrons. The van der Waals surface area contributed by atoms with Gasteiger partial charge < -0.3 is 9.15 Å². The van der Waals surface area contributed by atoms with Gasteiger partial charge in [0.05, 0.1) is 0 Å². The molecule has 0 saturated heterocycles. The fourth-order valence-electron chi connectivity index (χ4n) is 2.75. The zero-order valence-corrected chi connectivity index (χ0v) is 14.5. The molecule has 0 aliphatic heterocycles. The first-order chi connectivity index (χ1) is 13.3. The Balaban J connectivity index is 1.50. The fourth-order valence-corrected chi connectivity index (χ4v) is 2.75. The second-order valence-corrected chi connectivity index (χ2v) is 6.03. The van der Waals surface area contributed by atoms with E-state index in [-0.39, 0.29) is 5.78 Å². The van der Waals surface area contributed by atoms with Gasteiger partial charge in [0, 0.05) is 28.9 Å². The summed E-state index contributed by atoms with van der Waals surface area (Å²) in [6.07, 6.45) is 6.74. The highest BCUT2D eigenvalue weighted by Gasteiger charge is 2.09. The van der Waals surface area contributed by atoms with Gasteiger partial charge in [-0.25, -0.2) is 0 Å². The van der Waals surface area contributed by atoms with Gasteiger partial charge in [-0.3, -0.25) is 9.78 Å². The first kappa shape index (κ1) is 16.8. The number of para-hydroxylation sites is 2. The molecular formula is C23H17NO3. The smallest absolute Gasteiger partial charge is 0.221 e. The zero-order valence-electron chi connectivity index (χ0n) is 14.5. The van der Waals surface area contributed by atoms with Gasteiger partial charge in [0.1, 0.15) is 17.9 Å². The maximum atomic E-state index is 12.4. The highest BCUT2D eigenvalue weighted by Crippen LogP contribution is 2.22. The third-order valence-electron chi connectivity index (χ3n) is 4.12. The molecule has 0 fully saturated rings. The van der Waals surface area contributed by atoms with Crippen molar-refractivity contribution in [3.05, 3.63) is 102 Å². The molecule has 2 aromatic heterocycles. The Morgan fingerprint density at radius 2 is 1.89 bits per heavy atom. The average Bonchev–Trinajstić information content (AvgIpc) is 3.16. The maximum absolute atomic E-state index is 12.4. The van der Waals surface area contributed by atoms with E-state index in [9.17, 15) is 4.79 Å². The van der Waals surface area contributed by atoms with Crippen LogP contribution in [0.2, 0.25) is 0 Å². The number of allylic oxidation sites excluding steroid dienone is 1. The molecule has 0 amide bonds. The van der Waals surface area contributed by atoms with E-state index < -0.39 is 0 Å². The number of furan rings is 1. The number of hydrogen-bond acceptors (Lipinski definition) is 4. The molecule has 2 aromatic carbocycles. The number of rotatable bonds is 6. The second-order valence-electron chi connectivity index (χ2n) is 6.03. The molecule has 0 N–H and O–H groups in total. The predicted molar refractivity (Wildman–Crippen MR) is 105 cm³/mol. The van der Waals surface area contributed by atoms with E-state index in [1.807, 2.05) is 60.7 Å². The molecule has 4 nitrogen and oxygen atoms in total. The molecule has 0 saturated carbocycles. The summed E-state index contributed by atoms with van der Waals surface area (Å²) >= 11 is 0. The third kappa shape index (κ3) is 3.96. The van der Waals surface area contributed by atoms with Crippen molar-refractivity contribution in [2.45, 2.75) is 6.61 Å². The van der Waals surface area contributed by atoms with Crippen LogP contribution in [-0.4, -0.2) is 10.8 Å². The van der Waals surface area contributed by atoms with Gasteiger partial charge in [-0.1, -0.05) is 42.5 Å². The first-order valence-corrected chi connectivity index (χ1v) is 8.61. The molecule has 4 heteroatoms. The van der Waals surface area contributed by atoms with E-state index in [2.05, 4.69) is 4.98 Å². The largest absolute Gasteiger partial charge is 0.488 e. The molecule has 4 rings (SSSR count). The van der Waals surface area contributed by atoms with Crippen LogP contribution in [0.3, 0.4) is 0 Å². The number of benzene rings is 2. The molecule has 4 aromatic rings. The quantitative estimate of drug-likeness (QED) is 0.348. The van der Waals surface area contributed by atoms with Crippen molar-refractivity contribution >= 4 is 22.8 Å². The van der Waals surface area contributed by atoms with Crippen LogP contribution in [-0.2, 0) is 6.61 Å². The minimum atomic E-state index is -0.187. The number of carbonyl (C=O) groups excluding carboxylic acids is 1. The van der Waals surface area contributed by atoms with Gasteiger partial charge in [0.15, 0.2) is 5.76 Å². The summed E-state index contributed by atoms with van der Waals surface area (Å²) in [7, 11) is 0. The summed E-state index contributed by atoms with van der Waals surface area (Å²) in [6.45, 7) is 0.413. The highest BCUT2D eigenvalue weighted by molar-refractivity contribution is 6.07. The minimum Gasteiger partial charge on any atom is -0.488 e. The first-order valence-electron chi connectivity index (χ1n) is 8.61. The van der Waals surface area contributed by atoms with E-state index in [0.717, 1.165) is 16.5 Å². The Labute approximate surface area is 156 Å². The monoisotopic (exact) mass is 355 g/mol. The van der Waals surface area contributed by atoms with E-state index in [0.29, 0.717) is 23.7 Å². The van der Waals surface area contributed by atoms with Crippen molar-refractivity contribution in [3.63, 3.8) is 0 Å². The SMILES string of the molecule is O=C(/C=C/c1ccccc1OCc1cccnc1)c1cc2ccccc2o1. The lowest BCUT2D eigenvalue weighted by atomic mass is 10.1. The summed E-state index contributed by atoms with van der Waals surface area (Å²) in [6, 6.07) is 20.7. The normalized spacial score (nSPS) is 11.1. The summed E-state index contributed by atoms with van der Waals surface area (Å²) in [5.74, 6) is 0.837. The Morgan fingerprint density at radius 3 is 2.74 bits per heavy atom. The number of fused-ring (bicyclic) bond motifs is 1.